The number of carbonyl (C=O) groups is 1. The van der Waals surface area contributed by atoms with Crippen LogP contribution in [0.3, 0.4) is 0 Å². The third-order valence-corrected chi connectivity index (χ3v) is 3.23. The standard InChI is InChI=1S/C15H13ClF2N2O2/c16-11-3-1-2-4-13(11)20-15(22)19-8-14(21)10-6-5-9(17)7-12(10)18/h1-7,14,21H,8H2,(H2,19,20,22)/t14-/m0/s1. The number of aliphatic hydroxyl groups excluding tert-OH is 1. The van der Waals surface area contributed by atoms with E-state index in [0.29, 0.717) is 16.8 Å². The summed E-state index contributed by atoms with van der Waals surface area (Å²) in [6, 6.07) is 8.86. The Morgan fingerprint density at radius 3 is 2.64 bits per heavy atom. The van der Waals surface area contributed by atoms with E-state index in [9.17, 15) is 18.7 Å². The van der Waals surface area contributed by atoms with Gasteiger partial charge in [-0.3, -0.25) is 0 Å². The average molecular weight is 327 g/mol. The molecule has 0 heterocycles. The van der Waals surface area contributed by atoms with Gasteiger partial charge in [0.1, 0.15) is 11.6 Å². The molecule has 0 saturated carbocycles. The number of hydrogen-bond acceptors (Lipinski definition) is 2. The maximum absolute atomic E-state index is 13.5. The van der Waals surface area contributed by atoms with Gasteiger partial charge >= 0.3 is 6.03 Å². The van der Waals surface area contributed by atoms with Gasteiger partial charge in [-0.15, -0.1) is 0 Å². The van der Waals surface area contributed by atoms with Crippen molar-refractivity contribution in [2.75, 3.05) is 11.9 Å². The van der Waals surface area contributed by atoms with Crippen molar-refractivity contribution in [3.63, 3.8) is 0 Å². The number of benzene rings is 2. The summed E-state index contributed by atoms with van der Waals surface area (Å²) in [5.74, 6) is -1.61. The summed E-state index contributed by atoms with van der Waals surface area (Å²) >= 11 is 5.89. The maximum Gasteiger partial charge on any atom is 0.319 e. The molecule has 22 heavy (non-hydrogen) atoms. The minimum atomic E-state index is -1.29. The van der Waals surface area contributed by atoms with Crippen molar-refractivity contribution in [3.8, 4) is 0 Å². The highest BCUT2D eigenvalue weighted by atomic mass is 35.5. The fraction of sp³-hybridized carbons (Fsp3) is 0.133. The third kappa shape index (κ3) is 4.16. The lowest BCUT2D eigenvalue weighted by Crippen LogP contribution is -2.32. The molecule has 7 heteroatoms. The summed E-state index contributed by atoms with van der Waals surface area (Å²) in [4.78, 5) is 11.7. The normalized spacial score (nSPS) is 11.8. The number of carbonyl (C=O) groups excluding carboxylic acids is 1. The number of rotatable bonds is 4. The van der Waals surface area contributed by atoms with E-state index in [2.05, 4.69) is 10.6 Å². The predicted molar refractivity (Wildman–Crippen MR) is 79.8 cm³/mol. The summed E-state index contributed by atoms with van der Waals surface area (Å²) in [6.45, 7) is -0.237. The van der Waals surface area contributed by atoms with Gasteiger partial charge in [-0.1, -0.05) is 29.8 Å². The Balaban J connectivity index is 1.92. The lowest BCUT2D eigenvalue weighted by molar-refractivity contribution is 0.170. The van der Waals surface area contributed by atoms with Gasteiger partial charge in [0.15, 0.2) is 0 Å². The van der Waals surface area contributed by atoms with E-state index in [4.69, 9.17) is 11.6 Å². The first-order valence-corrected chi connectivity index (χ1v) is 6.77. The van der Waals surface area contributed by atoms with Crippen LogP contribution in [0.15, 0.2) is 42.5 Å². The lowest BCUT2D eigenvalue weighted by Gasteiger charge is -2.14. The van der Waals surface area contributed by atoms with E-state index in [1.54, 1.807) is 24.3 Å². The molecule has 0 aromatic heterocycles. The Labute approximate surface area is 130 Å². The van der Waals surface area contributed by atoms with Crippen LogP contribution in [-0.4, -0.2) is 17.7 Å². The SMILES string of the molecule is O=C(NC[C@H](O)c1ccc(F)cc1F)Nc1ccccc1Cl. The van der Waals surface area contributed by atoms with Crippen molar-refractivity contribution in [1.82, 2.24) is 5.32 Å². The van der Waals surface area contributed by atoms with Crippen LogP contribution in [0.2, 0.25) is 5.02 Å². The van der Waals surface area contributed by atoms with Crippen LogP contribution in [-0.2, 0) is 0 Å². The van der Waals surface area contributed by atoms with Crippen LogP contribution in [0.4, 0.5) is 19.3 Å². The first-order valence-electron chi connectivity index (χ1n) is 6.40. The van der Waals surface area contributed by atoms with E-state index in [1.807, 2.05) is 0 Å². The molecule has 0 fully saturated rings. The summed E-state index contributed by atoms with van der Waals surface area (Å²) in [5.41, 5.74) is 0.309. The molecule has 0 aliphatic rings. The van der Waals surface area contributed by atoms with Crippen molar-refractivity contribution < 1.29 is 18.7 Å². The lowest BCUT2D eigenvalue weighted by atomic mass is 10.1. The molecule has 0 saturated heterocycles. The number of anilines is 1. The van der Waals surface area contributed by atoms with E-state index in [-0.39, 0.29) is 12.1 Å². The smallest absolute Gasteiger partial charge is 0.319 e. The minimum Gasteiger partial charge on any atom is -0.386 e. The number of hydrogen-bond donors (Lipinski definition) is 3. The van der Waals surface area contributed by atoms with Gasteiger partial charge in [-0.25, -0.2) is 13.6 Å². The summed E-state index contributed by atoms with van der Waals surface area (Å²) in [6.07, 6.45) is -1.29. The van der Waals surface area contributed by atoms with Crippen LogP contribution in [0.1, 0.15) is 11.7 Å². The zero-order valence-corrected chi connectivity index (χ0v) is 12.1. The van der Waals surface area contributed by atoms with Gasteiger partial charge in [0.2, 0.25) is 0 Å². The zero-order chi connectivity index (χ0) is 16.1. The Hall–Kier alpha value is -2.18. The Morgan fingerprint density at radius 2 is 1.95 bits per heavy atom. The van der Waals surface area contributed by atoms with Crippen LogP contribution in [0, 0.1) is 11.6 Å². The number of aliphatic hydroxyl groups is 1. The molecule has 3 N–H and O–H groups in total. The number of para-hydroxylation sites is 1. The maximum atomic E-state index is 13.5. The van der Waals surface area contributed by atoms with Crippen LogP contribution in [0.5, 0.6) is 0 Å². The first kappa shape index (κ1) is 16.2. The molecule has 0 radical (unpaired) electrons. The largest absolute Gasteiger partial charge is 0.386 e. The van der Waals surface area contributed by atoms with Gasteiger partial charge in [-0.2, -0.15) is 0 Å². The van der Waals surface area contributed by atoms with Gasteiger partial charge < -0.3 is 15.7 Å². The molecule has 2 amide bonds. The van der Waals surface area contributed by atoms with E-state index in [0.717, 1.165) is 12.1 Å². The van der Waals surface area contributed by atoms with E-state index in [1.165, 1.54) is 0 Å². The molecule has 1 atom stereocenters. The molecule has 2 rings (SSSR count). The number of halogens is 3. The molecule has 2 aromatic carbocycles. The number of urea groups is 1. The van der Waals surface area contributed by atoms with Crippen molar-refractivity contribution >= 4 is 23.3 Å². The second-order valence-corrected chi connectivity index (χ2v) is 4.90. The second kappa shape index (κ2) is 7.20. The Morgan fingerprint density at radius 1 is 1.23 bits per heavy atom. The number of nitrogens with one attached hydrogen (secondary N) is 2. The molecule has 0 aliphatic heterocycles. The average Bonchev–Trinajstić information content (AvgIpc) is 2.47. The Kier molecular flexibility index (Phi) is 5.30. The van der Waals surface area contributed by atoms with Crippen LogP contribution in [0.25, 0.3) is 0 Å². The van der Waals surface area contributed by atoms with E-state index >= 15 is 0 Å². The molecule has 0 spiro atoms. The van der Waals surface area contributed by atoms with Crippen molar-refractivity contribution in [1.29, 1.82) is 0 Å². The quantitative estimate of drug-likeness (QED) is 0.805. The highest BCUT2D eigenvalue weighted by Gasteiger charge is 2.15. The molecule has 116 valence electrons. The first-order chi connectivity index (χ1) is 10.5. The molecular weight excluding hydrogens is 314 g/mol. The van der Waals surface area contributed by atoms with Crippen molar-refractivity contribution in [2.24, 2.45) is 0 Å². The van der Waals surface area contributed by atoms with Gasteiger partial charge in [-0.05, 0) is 18.2 Å². The van der Waals surface area contributed by atoms with E-state index < -0.39 is 23.8 Å². The zero-order valence-electron chi connectivity index (χ0n) is 11.3. The second-order valence-electron chi connectivity index (χ2n) is 4.50. The van der Waals surface area contributed by atoms with Gasteiger partial charge in [0.05, 0.1) is 16.8 Å². The topological polar surface area (TPSA) is 61.4 Å². The molecular formula is C15H13ClF2N2O2. The fourth-order valence-corrected chi connectivity index (χ4v) is 1.98. The van der Waals surface area contributed by atoms with Gasteiger partial charge in [0, 0.05) is 18.2 Å². The van der Waals surface area contributed by atoms with Crippen molar-refractivity contribution in [2.45, 2.75) is 6.10 Å². The van der Waals surface area contributed by atoms with Crippen LogP contribution < -0.4 is 10.6 Å². The summed E-state index contributed by atoms with van der Waals surface area (Å²) < 4.78 is 26.3. The van der Waals surface area contributed by atoms with Crippen molar-refractivity contribution in [3.05, 3.63) is 64.7 Å². The number of amides is 2. The highest BCUT2D eigenvalue weighted by Crippen LogP contribution is 2.20. The molecule has 2 aromatic rings. The molecule has 0 aliphatic carbocycles. The highest BCUT2D eigenvalue weighted by molar-refractivity contribution is 6.33. The summed E-state index contributed by atoms with van der Waals surface area (Å²) in [7, 11) is 0. The summed E-state index contributed by atoms with van der Waals surface area (Å²) in [5, 5.41) is 15.1. The Bertz CT molecular complexity index is 682. The fourth-order valence-electron chi connectivity index (χ4n) is 1.80. The van der Waals surface area contributed by atoms with Gasteiger partial charge in [0.25, 0.3) is 0 Å². The third-order valence-electron chi connectivity index (χ3n) is 2.90. The monoisotopic (exact) mass is 326 g/mol. The molecule has 4 nitrogen and oxygen atoms in total. The molecule has 0 bridgehead atoms. The minimum absolute atomic E-state index is 0.0977. The molecule has 0 unspecified atom stereocenters. The van der Waals surface area contributed by atoms with Crippen LogP contribution >= 0.6 is 11.6 Å². The predicted octanol–water partition coefficient (Wildman–Crippen LogP) is 3.47.